The molecule has 2 saturated carbocycles. The molecule has 0 aliphatic heterocycles. The summed E-state index contributed by atoms with van der Waals surface area (Å²) in [6.07, 6.45) is 8.22. The van der Waals surface area contributed by atoms with E-state index in [9.17, 15) is 10.1 Å². The minimum absolute atomic E-state index is 0.0394. The van der Waals surface area contributed by atoms with Crippen LogP contribution < -0.4 is 5.32 Å². The van der Waals surface area contributed by atoms with E-state index in [1.165, 1.54) is 31.9 Å². The quantitative estimate of drug-likeness (QED) is 0.678. The van der Waals surface area contributed by atoms with Gasteiger partial charge in [-0.05, 0) is 52.9 Å². The van der Waals surface area contributed by atoms with Gasteiger partial charge in [-0.15, -0.1) is 0 Å². The largest absolute Gasteiger partial charge is 0.378 e. The number of fused-ring (bicyclic) bond motifs is 2. The third kappa shape index (κ3) is 2.45. The summed E-state index contributed by atoms with van der Waals surface area (Å²) in [7, 11) is 0. The minimum atomic E-state index is -0.388. The molecule has 3 unspecified atom stereocenters. The number of rotatable bonds is 4. The van der Waals surface area contributed by atoms with Crippen LogP contribution in [0, 0.1) is 27.9 Å². The fourth-order valence-corrected chi connectivity index (χ4v) is 4.06. The van der Waals surface area contributed by atoms with Crippen molar-refractivity contribution >= 4 is 27.3 Å². The van der Waals surface area contributed by atoms with E-state index in [2.05, 4.69) is 26.2 Å². The number of nitrogens with one attached hydrogen (secondary N) is 1. The molecule has 2 aliphatic carbocycles. The Labute approximate surface area is 120 Å². The average molecular weight is 326 g/mol. The van der Waals surface area contributed by atoms with E-state index in [1.54, 1.807) is 6.20 Å². The van der Waals surface area contributed by atoms with Gasteiger partial charge in [0.25, 0.3) is 0 Å². The standard InChI is InChI=1S/C13H16BrN3O2/c14-11-6-15-7-12(17(18)19)13(11)16-5-10-4-8-1-2-9(10)3-8/h6-10H,1-5H2,(H,15,16). The Morgan fingerprint density at radius 1 is 1.42 bits per heavy atom. The van der Waals surface area contributed by atoms with Crippen molar-refractivity contribution < 1.29 is 4.92 Å². The molecule has 6 heteroatoms. The maximum Gasteiger partial charge on any atom is 0.311 e. The number of nitro groups is 1. The number of hydrogen-bond acceptors (Lipinski definition) is 4. The molecule has 0 saturated heterocycles. The summed E-state index contributed by atoms with van der Waals surface area (Å²) in [4.78, 5) is 14.5. The summed E-state index contributed by atoms with van der Waals surface area (Å²) in [6, 6.07) is 0. The number of pyridine rings is 1. The zero-order chi connectivity index (χ0) is 13.4. The Bertz CT molecular complexity index is 509. The normalized spacial score (nSPS) is 28.6. The van der Waals surface area contributed by atoms with Crippen molar-refractivity contribution in [2.75, 3.05) is 11.9 Å². The van der Waals surface area contributed by atoms with Gasteiger partial charge in [0.2, 0.25) is 0 Å². The van der Waals surface area contributed by atoms with Gasteiger partial charge in [-0.1, -0.05) is 6.42 Å². The zero-order valence-corrected chi connectivity index (χ0v) is 12.1. The summed E-state index contributed by atoms with van der Waals surface area (Å²) in [5.41, 5.74) is 0.598. The zero-order valence-electron chi connectivity index (χ0n) is 10.5. The molecule has 2 fully saturated rings. The van der Waals surface area contributed by atoms with Crippen LogP contribution in [0.4, 0.5) is 11.4 Å². The lowest BCUT2D eigenvalue weighted by Crippen LogP contribution is -2.20. The highest BCUT2D eigenvalue weighted by Crippen LogP contribution is 2.48. The lowest BCUT2D eigenvalue weighted by Gasteiger charge is -2.22. The molecule has 5 nitrogen and oxygen atoms in total. The van der Waals surface area contributed by atoms with Crippen molar-refractivity contribution in [2.45, 2.75) is 25.7 Å². The van der Waals surface area contributed by atoms with Gasteiger partial charge in [0, 0.05) is 12.7 Å². The average Bonchev–Trinajstić information content (AvgIpc) is 2.99. The molecule has 2 bridgehead atoms. The van der Waals surface area contributed by atoms with Gasteiger partial charge in [0.1, 0.15) is 11.9 Å². The molecule has 1 aromatic rings. The van der Waals surface area contributed by atoms with E-state index < -0.39 is 0 Å². The highest BCUT2D eigenvalue weighted by atomic mass is 79.9. The molecule has 1 N–H and O–H groups in total. The molecule has 0 spiro atoms. The number of nitrogens with zero attached hydrogens (tertiary/aromatic N) is 2. The molecule has 3 atom stereocenters. The van der Waals surface area contributed by atoms with E-state index in [1.807, 2.05) is 0 Å². The molecule has 1 heterocycles. The van der Waals surface area contributed by atoms with Crippen LogP contribution >= 0.6 is 15.9 Å². The van der Waals surface area contributed by atoms with Crippen LogP contribution in [0.3, 0.4) is 0 Å². The third-order valence-corrected chi connectivity index (χ3v) is 5.10. The van der Waals surface area contributed by atoms with Gasteiger partial charge in [0.05, 0.1) is 9.40 Å². The molecule has 0 amide bonds. The van der Waals surface area contributed by atoms with Gasteiger partial charge >= 0.3 is 5.69 Å². The van der Waals surface area contributed by atoms with E-state index in [4.69, 9.17) is 0 Å². The van der Waals surface area contributed by atoms with Gasteiger partial charge in [-0.3, -0.25) is 15.1 Å². The summed E-state index contributed by atoms with van der Waals surface area (Å²) in [5, 5.41) is 14.3. The van der Waals surface area contributed by atoms with E-state index >= 15 is 0 Å². The number of anilines is 1. The number of aromatic nitrogens is 1. The molecular weight excluding hydrogens is 310 g/mol. The topological polar surface area (TPSA) is 68.1 Å². The van der Waals surface area contributed by atoms with Gasteiger partial charge in [-0.25, -0.2) is 0 Å². The molecule has 0 aromatic carbocycles. The van der Waals surface area contributed by atoms with Gasteiger partial charge in [0.15, 0.2) is 0 Å². The maximum atomic E-state index is 11.0. The highest BCUT2D eigenvalue weighted by Gasteiger charge is 2.39. The molecular formula is C13H16BrN3O2. The molecule has 19 heavy (non-hydrogen) atoms. The summed E-state index contributed by atoms with van der Waals surface area (Å²) in [5.74, 6) is 2.38. The predicted octanol–water partition coefficient (Wildman–Crippen LogP) is 3.60. The summed E-state index contributed by atoms with van der Waals surface area (Å²) in [6.45, 7) is 0.824. The van der Waals surface area contributed by atoms with Crippen molar-refractivity contribution in [1.82, 2.24) is 4.98 Å². The van der Waals surface area contributed by atoms with E-state index in [-0.39, 0.29) is 10.6 Å². The molecule has 102 valence electrons. The van der Waals surface area contributed by atoms with Gasteiger partial charge < -0.3 is 5.32 Å². The smallest absolute Gasteiger partial charge is 0.311 e. The first-order chi connectivity index (χ1) is 9.15. The fourth-order valence-electron chi connectivity index (χ4n) is 3.60. The van der Waals surface area contributed by atoms with Crippen LogP contribution in [0.25, 0.3) is 0 Å². The second kappa shape index (κ2) is 5.07. The van der Waals surface area contributed by atoms with E-state index in [0.29, 0.717) is 16.1 Å². The summed E-state index contributed by atoms with van der Waals surface area (Å²) < 4.78 is 0.657. The first kappa shape index (κ1) is 12.8. The number of hydrogen-bond donors (Lipinski definition) is 1. The Hall–Kier alpha value is -1.17. The van der Waals surface area contributed by atoms with Crippen molar-refractivity contribution in [2.24, 2.45) is 17.8 Å². The number of halogens is 1. The Kier molecular flexibility index (Phi) is 3.43. The lowest BCUT2D eigenvalue weighted by atomic mass is 9.89. The second-order valence-corrected chi connectivity index (χ2v) is 6.44. The minimum Gasteiger partial charge on any atom is -0.378 e. The molecule has 0 radical (unpaired) electrons. The maximum absolute atomic E-state index is 11.0. The molecule has 3 rings (SSSR count). The van der Waals surface area contributed by atoms with Crippen LogP contribution in [0.2, 0.25) is 0 Å². The van der Waals surface area contributed by atoms with Crippen LogP contribution in [0.1, 0.15) is 25.7 Å². The Morgan fingerprint density at radius 2 is 2.26 bits per heavy atom. The van der Waals surface area contributed by atoms with Crippen LogP contribution in [-0.2, 0) is 0 Å². The first-order valence-electron chi connectivity index (χ1n) is 6.67. The molecule has 2 aliphatic rings. The van der Waals surface area contributed by atoms with Crippen LogP contribution in [0.15, 0.2) is 16.9 Å². The van der Waals surface area contributed by atoms with Crippen molar-refractivity contribution in [3.8, 4) is 0 Å². The Balaban J connectivity index is 1.71. The van der Waals surface area contributed by atoms with Crippen molar-refractivity contribution in [3.05, 3.63) is 27.0 Å². The summed E-state index contributed by atoms with van der Waals surface area (Å²) >= 11 is 3.34. The second-order valence-electron chi connectivity index (χ2n) is 5.59. The predicted molar refractivity (Wildman–Crippen MR) is 76.0 cm³/mol. The molecule has 1 aromatic heterocycles. The fraction of sp³-hybridized carbons (Fsp3) is 0.615. The monoisotopic (exact) mass is 325 g/mol. The van der Waals surface area contributed by atoms with Crippen molar-refractivity contribution in [1.29, 1.82) is 0 Å². The van der Waals surface area contributed by atoms with Crippen LogP contribution in [-0.4, -0.2) is 16.5 Å². The Morgan fingerprint density at radius 3 is 2.89 bits per heavy atom. The highest BCUT2D eigenvalue weighted by molar-refractivity contribution is 9.10. The van der Waals surface area contributed by atoms with Crippen molar-refractivity contribution in [3.63, 3.8) is 0 Å². The first-order valence-corrected chi connectivity index (χ1v) is 7.46. The third-order valence-electron chi connectivity index (χ3n) is 4.50. The lowest BCUT2D eigenvalue weighted by molar-refractivity contribution is -0.384. The van der Waals surface area contributed by atoms with E-state index in [0.717, 1.165) is 18.4 Å². The van der Waals surface area contributed by atoms with Crippen LogP contribution in [0.5, 0.6) is 0 Å². The van der Waals surface area contributed by atoms with Gasteiger partial charge in [-0.2, -0.15) is 0 Å². The SMILES string of the molecule is O=[N+]([O-])c1cncc(Br)c1NCC1CC2CCC1C2.